The van der Waals surface area contributed by atoms with E-state index in [0.29, 0.717) is 12.1 Å². The molecule has 2 rings (SSSR count). The van der Waals surface area contributed by atoms with Crippen LogP contribution in [0, 0.1) is 0 Å². The minimum atomic E-state index is -0.495. The van der Waals surface area contributed by atoms with Gasteiger partial charge in [0.15, 0.2) is 11.3 Å². The van der Waals surface area contributed by atoms with E-state index < -0.39 is 6.23 Å². The number of hydrogen-bond acceptors (Lipinski definition) is 4. The first-order chi connectivity index (χ1) is 9.08. The van der Waals surface area contributed by atoms with E-state index in [4.69, 9.17) is 4.74 Å². The van der Waals surface area contributed by atoms with Crippen molar-refractivity contribution in [3.63, 3.8) is 0 Å². The number of ether oxygens (including phenoxy) is 1. The number of carbonyl (C=O) groups excluding carboxylic acids is 2. The Hall–Kier alpha value is -0.790. The van der Waals surface area contributed by atoms with Crippen molar-refractivity contribution in [1.82, 2.24) is 9.88 Å². The standard InChI is InChI=1S/C12H15BrN2O3S/c1-3-19-10(16)6-8-12(18-2)14-11(17)7-4-5-9(13)15(7)8/h4-5,8,12H,3,6H2,1-2H3,(H,14,17)/t8-,12-/m1/s1. The Bertz CT molecular complexity index is 503. The molecular weight excluding hydrogens is 332 g/mol. The summed E-state index contributed by atoms with van der Waals surface area (Å²) in [6.45, 7) is 1.94. The van der Waals surface area contributed by atoms with Crippen LogP contribution in [0.4, 0.5) is 0 Å². The highest BCUT2D eigenvalue weighted by molar-refractivity contribution is 9.10. The quantitative estimate of drug-likeness (QED) is 0.907. The molecule has 0 saturated carbocycles. The monoisotopic (exact) mass is 346 g/mol. The molecule has 19 heavy (non-hydrogen) atoms. The number of nitrogens with one attached hydrogen (secondary N) is 1. The average Bonchev–Trinajstić information content (AvgIpc) is 2.76. The van der Waals surface area contributed by atoms with E-state index >= 15 is 0 Å². The summed E-state index contributed by atoms with van der Waals surface area (Å²) in [6, 6.07) is 3.31. The lowest BCUT2D eigenvalue weighted by molar-refractivity contribution is -0.113. The van der Waals surface area contributed by atoms with E-state index in [1.165, 1.54) is 18.9 Å². The van der Waals surface area contributed by atoms with Crippen molar-refractivity contribution in [3.05, 3.63) is 22.4 Å². The highest BCUT2D eigenvalue weighted by Crippen LogP contribution is 2.31. The number of carbonyl (C=O) groups is 2. The topological polar surface area (TPSA) is 60.3 Å². The lowest BCUT2D eigenvalue weighted by atomic mass is 10.1. The van der Waals surface area contributed by atoms with Crippen LogP contribution in [0.15, 0.2) is 16.7 Å². The maximum Gasteiger partial charge on any atom is 0.269 e. The maximum absolute atomic E-state index is 11.9. The Labute approximate surface area is 124 Å². The molecule has 104 valence electrons. The molecule has 7 heteroatoms. The van der Waals surface area contributed by atoms with E-state index in [1.807, 2.05) is 11.5 Å². The predicted molar refractivity (Wildman–Crippen MR) is 77.2 cm³/mol. The molecule has 1 aliphatic heterocycles. The van der Waals surface area contributed by atoms with Gasteiger partial charge in [0.2, 0.25) is 0 Å². The van der Waals surface area contributed by atoms with E-state index in [2.05, 4.69) is 21.2 Å². The molecule has 1 aliphatic rings. The fourth-order valence-corrected chi connectivity index (χ4v) is 3.38. The molecule has 0 bridgehead atoms. The summed E-state index contributed by atoms with van der Waals surface area (Å²) in [6.07, 6.45) is -0.178. The number of amides is 1. The van der Waals surface area contributed by atoms with Gasteiger partial charge in [-0.1, -0.05) is 18.7 Å². The second-order valence-corrected chi connectivity index (χ2v) is 6.25. The maximum atomic E-state index is 11.9. The van der Waals surface area contributed by atoms with E-state index in [-0.39, 0.29) is 17.1 Å². The molecule has 0 spiro atoms. The minimum absolute atomic E-state index is 0.0947. The zero-order chi connectivity index (χ0) is 14.0. The van der Waals surface area contributed by atoms with Crippen LogP contribution in [-0.2, 0) is 9.53 Å². The van der Waals surface area contributed by atoms with Crippen molar-refractivity contribution in [1.29, 1.82) is 0 Å². The third-order valence-corrected chi connectivity index (χ3v) is 4.41. The van der Waals surface area contributed by atoms with Gasteiger partial charge < -0.3 is 14.6 Å². The largest absolute Gasteiger partial charge is 0.359 e. The number of fused-ring (bicyclic) bond motifs is 1. The van der Waals surface area contributed by atoms with Crippen LogP contribution in [0.2, 0.25) is 0 Å². The summed E-state index contributed by atoms with van der Waals surface area (Å²) in [7, 11) is 1.53. The molecule has 1 N–H and O–H groups in total. The highest BCUT2D eigenvalue weighted by atomic mass is 79.9. The fourth-order valence-electron chi connectivity index (χ4n) is 2.19. The predicted octanol–water partition coefficient (Wildman–Crippen LogP) is 2.18. The van der Waals surface area contributed by atoms with Crippen LogP contribution < -0.4 is 5.32 Å². The van der Waals surface area contributed by atoms with Crippen LogP contribution in [0.3, 0.4) is 0 Å². The molecule has 1 aromatic heterocycles. The SMILES string of the molecule is CCSC(=O)C[C@@H]1[C@@H](OC)NC(=O)c2ccc(Br)n21. The van der Waals surface area contributed by atoms with Crippen molar-refractivity contribution in [2.45, 2.75) is 25.6 Å². The van der Waals surface area contributed by atoms with Gasteiger partial charge >= 0.3 is 0 Å². The summed E-state index contributed by atoms with van der Waals surface area (Å²) >= 11 is 4.70. The Balaban J connectivity index is 2.32. The Morgan fingerprint density at radius 1 is 1.58 bits per heavy atom. The summed E-state index contributed by atoms with van der Waals surface area (Å²) in [5.41, 5.74) is 0.541. The second kappa shape index (κ2) is 6.11. The smallest absolute Gasteiger partial charge is 0.269 e. The molecule has 0 radical (unpaired) electrons. The molecule has 0 fully saturated rings. The minimum Gasteiger partial charge on any atom is -0.359 e. The van der Waals surface area contributed by atoms with Gasteiger partial charge in [0.25, 0.3) is 5.91 Å². The first-order valence-corrected chi connectivity index (χ1v) is 7.72. The van der Waals surface area contributed by atoms with Crippen molar-refractivity contribution < 1.29 is 14.3 Å². The van der Waals surface area contributed by atoms with Gasteiger partial charge in [0, 0.05) is 13.5 Å². The normalized spacial score (nSPS) is 21.9. The van der Waals surface area contributed by atoms with Gasteiger partial charge in [-0.2, -0.15) is 0 Å². The second-order valence-electron chi connectivity index (χ2n) is 4.12. The van der Waals surface area contributed by atoms with Gasteiger partial charge in [-0.05, 0) is 33.8 Å². The van der Waals surface area contributed by atoms with Crippen LogP contribution in [0.25, 0.3) is 0 Å². The van der Waals surface area contributed by atoms with Crippen LogP contribution >= 0.6 is 27.7 Å². The fraction of sp³-hybridized carbons (Fsp3) is 0.500. The highest BCUT2D eigenvalue weighted by Gasteiger charge is 2.35. The number of methoxy groups -OCH3 is 1. The van der Waals surface area contributed by atoms with E-state index in [0.717, 1.165) is 10.4 Å². The summed E-state index contributed by atoms with van der Waals surface area (Å²) in [5.74, 6) is 0.555. The lowest BCUT2D eigenvalue weighted by Gasteiger charge is -2.33. The zero-order valence-electron chi connectivity index (χ0n) is 10.7. The van der Waals surface area contributed by atoms with E-state index in [9.17, 15) is 9.59 Å². The van der Waals surface area contributed by atoms with Gasteiger partial charge in [-0.3, -0.25) is 9.59 Å². The first-order valence-electron chi connectivity index (χ1n) is 5.94. The Morgan fingerprint density at radius 2 is 2.32 bits per heavy atom. The van der Waals surface area contributed by atoms with Crippen molar-refractivity contribution in [2.75, 3.05) is 12.9 Å². The lowest BCUT2D eigenvalue weighted by Crippen LogP contribution is -2.49. The molecule has 0 unspecified atom stereocenters. The van der Waals surface area contributed by atoms with E-state index in [1.54, 1.807) is 12.1 Å². The summed E-state index contributed by atoms with van der Waals surface area (Å²) in [4.78, 5) is 23.8. The molecule has 0 aromatic carbocycles. The van der Waals surface area contributed by atoms with Gasteiger partial charge in [-0.25, -0.2) is 0 Å². The molecule has 1 amide bonds. The van der Waals surface area contributed by atoms with Crippen molar-refractivity contribution in [3.8, 4) is 0 Å². The number of rotatable bonds is 4. The van der Waals surface area contributed by atoms with Crippen molar-refractivity contribution in [2.24, 2.45) is 0 Å². The van der Waals surface area contributed by atoms with Gasteiger partial charge in [0.1, 0.15) is 5.69 Å². The third-order valence-electron chi connectivity index (χ3n) is 2.99. The van der Waals surface area contributed by atoms with Crippen LogP contribution in [0.1, 0.15) is 29.9 Å². The number of aromatic nitrogens is 1. The zero-order valence-corrected chi connectivity index (χ0v) is 13.1. The average molecular weight is 347 g/mol. The number of halogens is 1. The molecule has 0 aliphatic carbocycles. The molecule has 2 heterocycles. The number of nitrogens with zero attached hydrogens (tertiary/aromatic N) is 1. The number of hydrogen-bond donors (Lipinski definition) is 1. The Morgan fingerprint density at radius 3 is 2.95 bits per heavy atom. The number of thioether (sulfide) groups is 1. The first kappa shape index (κ1) is 14.6. The molecule has 1 aromatic rings. The Kier molecular flexibility index (Phi) is 4.70. The molecule has 0 saturated heterocycles. The van der Waals surface area contributed by atoms with Crippen molar-refractivity contribution >= 4 is 38.7 Å². The molecular formula is C12H15BrN2O3S. The van der Waals surface area contributed by atoms with Crippen LogP contribution in [-0.4, -0.2) is 34.7 Å². The summed E-state index contributed by atoms with van der Waals surface area (Å²) < 4.78 is 7.90. The third kappa shape index (κ3) is 2.88. The van der Waals surface area contributed by atoms with Crippen LogP contribution in [0.5, 0.6) is 0 Å². The molecule has 5 nitrogen and oxygen atoms in total. The van der Waals surface area contributed by atoms with Gasteiger partial charge in [-0.15, -0.1) is 0 Å². The summed E-state index contributed by atoms with van der Waals surface area (Å²) in [5, 5.41) is 2.86. The van der Waals surface area contributed by atoms with Gasteiger partial charge in [0.05, 0.1) is 10.6 Å². The molecule has 2 atom stereocenters.